The van der Waals surface area contributed by atoms with Crippen LogP contribution in [-0.2, 0) is 0 Å². The standard InChI is InChI=1S/C10H10ClN3OS/c1-15-8-4-6(2-3-7(8)11)10(12)9-5-13-14-16-9/h2-5,10H,12H2,1H3. The highest BCUT2D eigenvalue weighted by molar-refractivity contribution is 7.05. The highest BCUT2D eigenvalue weighted by atomic mass is 35.5. The van der Waals surface area contributed by atoms with Crippen LogP contribution in [0.1, 0.15) is 16.5 Å². The van der Waals surface area contributed by atoms with Crippen LogP contribution in [0.25, 0.3) is 0 Å². The first-order valence-electron chi connectivity index (χ1n) is 4.58. The Hall–Kier alpha value is -1.17. The molecule has 0 aliphatic carbocycles. The fourth-order valence-electron chi connectivity index (χ4n) is 1.35. The van der Waals surface area contributed by atoms with Crippen molar-refractivity contribution >= 4 is 23.1 Å². The third-order valence-electron chi connectivity index (χ3n) is 2.22. The van der Waals surface area contributed by atoms with E-state index in [0.29, 0.717) is 10.8 Å². The van der Waals surface area contributed by atoms with Gasteiger partial charge in [0.25, 0.3) is 0 Å². The van der Waals surface area contributed by atoms with Gasteiger partial charge in [0.15, 0.2) is 0 Å². The Morgan fingerprint density at radius 3 is 2.94 bits per heavy atom. The van der Waals surface area contributed by atoms with Gasteiger partial charge in [0, 0.05) is 0 Å². The molecule has 1 unspecified atom stereocenters. The highest BCUT2D eigenvalue weighted by Gasteiger charge is 2.13. The minimum absolute atomic E-state index is 0.244. The minimum Gasteiger partial charge on any atom is -0.495 e. The molecule has 0 amide bonds. The molecule has 0 aliphatic rings. The zero-order valence-corrected chi connectivity index (χ0v) is 10.1. The fraction of sp³-hybridized carbons (Fsp3) is 0.200. The summed E-state index contributed by atoms with van der Waals surface area (Å²) in [6, 6.07) is 5.22. The molecule has 84 valence electrons. The predicted octanol–water partition coefficient (Wildman–Crippen LogP) is 2.25. The van der Waals surface area contributed by atoms with Crippen LogP contribution in [0.4, 0.5) is 0 Å². The normalized spacial score (nSPS) is 12.4. The van der Waals surface area contributed by atoms with Crippen molar-refractivity contribution in [1.82, 2.24) is 9.59 Å². The lowest BCUT2D eigenvalue weighted by Crippen LogP contribution is -2.10. The largest absolute Gasteiger partial charge is 0.495 e. The van der Waals surface area contributed by atoms with Crippen molar-refractivity contribution < 1.29 is 4.74 Å². The quantitative estimate of drug-likeness (QED) is 0.914. The number of rotatable bonds is 3. The zero-order valence-electron chi connectivity index (χ0n) is 8.55. The van der Waals surface area contributed by atoms with Gasteiger partial charge in [-0.1, -0.05) is 22.2 Å². The second-order valence-corrected chi connectivity index (χ2v) is 4.42. The Morgan fingerprint density at radius 2 is 2.31 bits per heavy atom. The lowest BCUT2D eigenvalue weighted by atomic mass is 10.1. The van der Waals surface area contributed by atoms with E-state index in [9.17, 15) is 0 Å². The molecule has 4 nitrogen and oxygen atoms in total. The van der Waals surface area contributed by atoms with E-state index in [-0.39, 0.29) is 6.04 Å². The van der Waals surface area contributed by atoms with Gasteiger partial charge in [0.05, 0.1) is 29.2 Å². The topological polar surface area (TPSA) is 61.0 Å². The zero-order chi connectivity index (χ0) is 11.5. The van der Waals surface area contributed by atoms with Crippen LogP contribution in [0.3, 0.4) is 0 Å². The number of methoxy groups -OCH3 is 1. The summed E-state index contributed by atoms with van der Waals surface area (Å²) < 4.78 is 8.92. The number of aromatic nitrogens is 2. The fourth-order valence-corrected chi connectivity index (χ4v) is 2.07. The molecule has 16 heavy (non-hydrogen) atoms. The Labute approximate surface area is 102 Å². The molecule has 2 aromatic rings. The monoisotopic (exact) mass is 255 g/mol. The van der Waals surface area contributed by atoms with Crippen LogP contribution < -0.4 is 10.5 Å². The number of benzene rings is 1. The van der Waals surface area contributed by atoms with Crippen LogP contribution >= 0.6 is 23.1 Å². The number of hydrogen-bond acceptors (Lipinski definition) is 5. The Balaban J connectivity index is 2.34. The van der Waals surface area contributed by atoms with Crippen molar-refractivity contribution in [3.63, 3.8) is 0 Å². The first-order valence-corrected chi connectivity index (χ1v) is 5.74. The van der Waals surface area contributed by atoms with E-state index < -0.39 is 0 Å². The summed E-state index contributed by atoms with van der Waals surface area (Å²) in [6.45, 7) is 0. The molecule has 0 spiro atoms. The summed E-state index contributed by atoms with van der Waals surface area (Å²) in [4.78, 5) is 0.907. The average molecular weight is 256 g/mol. The first kappa shape index (κ1) is 11.3. The van der Waals surface area contributed by atoms with Gasteiger partial charge in [-0.05, 0) is 29.2 Å². The molecule has 6 heteroatoms. The van der Waals surface area contributed by atoms with E-state index in [1.807, 2.05) is 12.1 Å². The molecule has 0 saturated carbocycles. The molecular formula is C10H10ClN3OS. The van der Waals surface area contributed by atoms with E-state index in [0.717, 1.165) is 10.4 Å². The Kier molecular flexibility index (Phi) is 3.38. The molecule has 0 radical (unpaired) electrons. The minimum atomic E-state index is -0.244. The summed E-state index contributed by atoms with van der Waals surface area (Å²) in [7, 11) is 1.57. The molecule has 1 aromatic carbocycles. The Bertz CT molecular complexity index is 475. The van der Waals surface area contributed by atoms with Crippen molar-refractivity contribution in [3.8, 4) is 5.75 Å². The van der Waals surface area contributed by atoms with Crippen LogP contribution in [0.5, 0.6) is 5.75 Å². The number of nitrogens with zero attached hydrogens (tertiary/aromatic N) is 2. The number of ether oxygens (including phenoxy) is 1. The van der Waals surface area contributed by atoms with Gasteiger partial charge in [-0.2, -0.15) is 0 Å². The SMILES string of the molecule is COc1cc(C(N)c2cnns2)ccc1Cl. The molecule has 1 heterocycles. The highest BCUT2D eigenvalue weighted by Crippen LogP contribution is 2.29. The Morgan fingerprint density at radius 1 is 1.50 bits per heavy atom. The van der Waals surface area contributed by atoms with Crippen LogP contribution in [0.2, 0.25) is 5.02 Å². The van der Waals surface area contributed by atoms with Crippen LogP contribution in [0.15, 0.2) is 24.4 Å². The van der Waals surface area contributed by atoms with Crippen LogP contribution in [0, 0.1) is 0 Å². The number of halogens is 1. The second-order valence-electron chi connectivity index (χ2n) is 3.19. The maximum atomic E-state index is 6.07. The summed E-state index contributed by atoms with van der Waals surface area (Å²) in [5, 5.41) is 4.33. The van der Waals surface area contributed by atoms with E-state index >= 15 is 0 Å². The molecule has 1 aromatic heterocycles. The van der Waals surface area contributed by atoms with E-state index in [4.69, 9.17) is 22.1 Å². The first-order chi connectivity index (χ1) is 7.72. The third-order valence-corrected chi connectivity index (χ3v) is 3.28. The predicted molar refractivity (Wildman–Crippen MR) is 63.9 cm³/mol. The molecule has 2 rings (SSSR count). The average Bonchev–Trinajstić information content (AvgIpc) is 2.82. The molecule has 0 saturated heterocycles. The van der Waals surface area contributed by atoms with Gasteiger partial charge >= 0.3 is 0 Å². The van der Waals surface area contributed by atoms with Gasteiger partial charge in [0.1, 0.15) is 5.75 Å². The van der Waals surface area contributed by atoms with E-state index in [1.54, 1.807) is 19.4 Å². The second kappa shape index (κ2) is 4.78. The smallest absolute Gasteiger partial charge is 0.137 e. The molecular weight excluding hydrogens is 246 g/mol. The van der Waals surface area contributed by atoms with Crippen molar-refractivity contribution in [1.29, 1.82) is 0 Å². The van der Waals surface area contributed by atoms with Crippen molar-refractivity contribution in [3.05, 3.63) is 39.9 Å². The van der Waals surface area contributed by atoms with Crippen LogP contribution in [-0.4, -0.2) is 16.7 Å². The lowest BCUT2D eigenvalue weighted by Gasteiger charge is -2.11. The maximum Gasteiger partial charge on any atom is 0.137 e. The summed E-state index contributed by atoms with van der Waals surface area (Å²) in [5.41, 5.74) is 6.99. The lowest BCUT2D eigenvalue weighted by molar-refractivity contribution is 0.414. The van der Waals surface area contributed by atoms with Crippen molar-refractivity contribution in [2.24, 2.45) is 5.73 Å². The van der Waals surface area contributed by atoms with Gasteiger partial charge in [-0.25, -0.2) is 0 Å². The summed E-state index contributed by atoms with van der Waals surface area (Å²) in [5.74, 6) is 0.618. The molecule has 0 bridgehead atoms. The van der Waals surface area contributed by atoms with Gasteiger partial charge in [-0.15, -0.1) is 5.10 Å². The molecule has 0 aliphatic heterocycles. The van der Waals surface area contributed by atoms with Gasteiger partial charge < -0.3 is 10.5 Å². The molecule has 0 fully saturated rings. The third kappa shape index (κ3) is 2.16. The van der Waals surface area contributed by atoms with Crippen molar-refractivity contribution in [2.75, 3.05) is 7.11 Å². The molecule has 1 atom stereocenters. The van der Waals surface area contributed by atoms with E-state index in [1.165, 1.54) is 11.5 Å². The summed E-state index contributed by atoms with van der Waals surface area (Å²) in [6.07, 6.45) is 1.66. The summed E-state index contributed by atoms with van der Waals surface area (Å²) >= 11 is 7.22. The van der Waals surface area contributed by atoms with Gasteiger partial charge in [-0.3, -0.25) is 0 Å². The van der Waals surface area contributed by atoms with Gasteiger partial charge in [0.2, 0.25) is 0 Å². The maximum absolute atomic E-state index is 6.07. The molecule has 2 N–H and O–H groups in total. The number of hydrogen-bond donors (Lipinski definition) is 1. The van der Waals surface area contributed by atoms with Crippen molar-refractivity contribution in [2.45, 2.75) is 6.04 Å². The van der Waals surface area contributed by atoms with E-state index in [2.05, 4.69) is 9.59 Å². The number of nitrogens with two attached hydrogens (primary N) is 1.